The van der Waals surface area contributed by atoms with Gasteiger partial charge < -0.3 is 15.7 Å². The Morgan fingerprint density at radius 3 is 2.52 bits per heavy atom. The van der Waals surface area contributed by atoms with Crippen LogP contribution in [-0.2, 0) is 19.6 Å². The van der Waals surface area contributed by atoms with Crippen molar-refractivity contribution in [3.05, 3.63) is 51.5 Å². The molecule has 1 aromatic heterocycles. The fourth-order valence-electron chi connectivity index (χ4n) is 3.24. The minimum absolute atomic E-state index is 0. The molecular formula is C21H32IN5OS. The number of aromatic nitrogens is 1. The van der Waals surface area contributed by atoms with Gasteiger partial charge in [-0.25, -0.2) is 9.98 Å². The number of nitrogens with one attached hydrogen (secondary N) is 2. The van der Waals surface area contributed by atoms with Crippen molar-refractivity contribution in [3.63, 3.8) is 0 Å². The Balaban J connectivity index is 0.00000300. The summed E-state index contributed by atoms with van der Waals surface area (Å²) in [4.78, 5) is 12.7. The van der Waals surface area contributed by atoms with Crippen LogP contribution in [0.25, 0.3) is 0 Å². The summed E-state index contributed by atoms with van der Waals surface area (Å²) in [7, 11) is 0. The molecule has 1 aliphatic heterocycles. The van der Waals surface area contributed by atoms with Crippen molar-refractivity contribution >= 4 is 41.3 Å². The van der Waals surface area contributed by atoms with Crippen LogP contribution in [0.5, 0.6) is 0 Å². The molecule has 0 saturated carbocycles. The molecule has 160 valence electrons. The Labute approximate surface area is 194 Å². The van der Waals surface area contributed by atoms with E-state index >= 15 is 0 Å². The molecule has 2 aromatic rings. The highest BCUT2D eigenvalue weighted by Crippen LogP contribution is 2.14. The number of aliphatic hydroxyl groups is 1. The van der Waals surface area contributed by atoms with Crippen LogP contribution >= 0.6 is 35.3 Å². The Morgan fingerprint density at radius 1 is 1.21 bits per heavy atom. The number of piperidine rings is 1. The Kier molecular flexibility index (Phi) is 10.3. The largest absolute Gasteiger partial charge is 0.393 e. The van der Waals surface area contributed by atoms with Crippen LogP contribution in [0.15, 0.2) is 35.5 Å². The molecule has 1 saturated heterocycles. The van der Waals surface area contributed by atoms with Gasteiger partial charge in [0.15, 0.2) is 5.96 Å². The number of benzene rings is 1. The maximum atomic E-state index is 9.62. The number of likely N-dealkylation sites (tertiary alicyclic amines) is 1. The Hall–Kier alpha value is -1.23. The average molecular weight is 529 g/mol. The summed E-state index contributed by atoms with van der Waals surface area (Å²) >= 11 is 1.70. The summed E-state index contributed by atoms with van der Waals surface area (Å²) in [5, 5.41) is 17.3. The molecule has 3 rings (SSSR count). The quantitative estimate of drug-likeness (QED) is 0.292. The standard InChI is InChI=1S/C21H31N5OS.HI/c1-3-22-21(25-14-20-23-12-16(2)28-20)24-13-17-4-6-18(7-5-17)15-26-10-8-19(27)9-11-26;/h4-7,12,19,27H,3,8-11,13-15H2,1-2H3,(H2,22,24,25);1H. The highest BCUT2D eigenvalue weighted by molar-refractivity contribution is 14.0. The zero-order valence-corrected chi connectivity index (χ0v) is 20.4. The number of aliphatic imine (C=N–C) groups is 1. The zero-order valence-electron chi connectivity index (χ0n) is 17.2. The lowest BCUT2D eigenvalue weighted by Gasteiger charge is -2.29. The minimum atomic E-state index is -0.115. The average Bonchev–Trinajstić information content (AvgIpc) is 3.12. The first-order valence-corrected chi connectivity index (χ1v) is 10.9. The number of rotatable bonds is 7. The van der Waals surface area contributed by atoms with E-state index in [-0.39, 0.29) is 30.1 Å². The molecule has 8 heteroatoms. The van der Waals surface area contributed by atoms with Gasteiger partial charge in [0.2, 0.25) is 0 Å². The van der Waals surface area contributed by atoms with Crippen molar-refractivity contribution in [2.24, 2.45) is 4.99 Å². The number of hydrogen-bond donors (Lipinski definition) is 3. The van der Waals surface area contributed by atoms with E-state index in [1.807, 2.05) is 6.20 Å². The van der Waals surface area contributed by atoms with Crippen LogP contribution < -0.4 is 10.6 Å². The van der Waals surface area contributed by atoms with Crippen molar-refractivity contribution in [1.82, 2.24) is 20.5 Å². The van der Waals surface area contributed by atoms with E-state index in [0.29, 0.717) is 13.1 Å². The first-order chi connectivity index (χ1) is 13.6. The molecule has 6 nitrogen and oxygen atoms in total. The van der Waals surface area contributed by atoms with Crippen molar-refractivity contribution < 1.29 is 5.11 Å². The van der Waals surface area contributed by atoms with Crippen LogP contribution in [-0.4, -0.2) is 46.7 Å². The number of nitrogens with zero attached hydrogens (tertiary/aromatic N) is 3. The molecule has 0 spiro atoms. The molecule has 0 atom stereocenters. The molecule has 1 aromatic carbocycles. The van der Waals surface area contributed by atoms with E-state index in [9.17, 15) is 5.11 Å². The zero-order chi connectivity index (χ0) is 19.8. The van der Waals surface area contributed by atoms with Gasteiger partial charge in [-0.05, 0) is 37.8 Å². The van der Waals surface area contributed by atoms with Crippen LogP contribution in [0.2, 0.25) is 0 Å². The maximum Gasteiger partial charge on any atom is 0.191 e. The molecule has 0 unspecified atom stereocenters. The third-order valence-corrected chi connectivity index (χ3v) is 5.74. The molecule has 0 aliphatic carbocycles. The second-order valence-corrected chi connectivity index (χ2v) is 8.56. The third kappa shape index (κ3) is 8.19. The van der Waals surface area contributed by atoms with Gasteiger partial charge in [0.25, 0.3) is 0 Å². The molecule has 0 bridgehead atoms. The van der Waals surface area contributed by atoms with E-state index in [0.717, 1.165) is 50.0 Å². The van der Waals surface area contributed by atoms with E-state index in [4.69, 9.17) is 4.99 Å². The molecule has 3 N–H and O–H groups in total. The topological polar surface area (TPSA) is 72.8 Å². The number of halogens is 1. The van der Waals surface area contributed by atoms with Gasteiger partial charge in [0.1, 0.15) is 5.01 Å². The van der Waals surface area contributed by atoms with Crippen LogP contribution in [0.3, 0.4) is 0 Å². The second-order valence-electron chi connectivity index (χ2n) is 7.24. The lowest BCUT2D eigenvalue weighted by Crippen LogP contribution is -2.36. The molecule has 1 aliphatic rings. The van der Waals surface area contributed by atoms with Gasteiger partial charge in [-0.15, -0.1) is 35.3 Å². The number of thiazole rings is 1. The van der Waals surface area contributed by atoms with Gasteiger partial charge in [-0.3, -0.25) is 4.90 Å². The number of guanidine groups is 1. The fourth-order valence-corrected chi connectivity index (χ4v) is 3.97. The molecule has 1 fully saturated rings. The van der Waals surface area contributed by atoms with Gasteiger partial charge in [-0.2, -0.15) is 0 Å². The highest BCUT2D eigenvalue weighted by Gasteiger charge is 2.16. The summed E-state index contributed by atoms with van der Waals surface area (Å²) in [6, 6.07) is 8.69. The molecule has 0 amide bonds. The summed E-state index contributed by atoms with van der Waals surface area (Å²) in [6.07, 6.45) is 3.55. The Morgan fingerprint density at radius 2 is 1.90 bits per heavy atom. The van der Waals surface area contributed by atoms with E-state index in [1.165, 1.54) is 16.0 Å². The van der Waals surface area contributed by atoms with E-state index < -0.39 is 0 Å². The van der Waals surface area contributed by atoms with Crippen LogP contribution in [0, 0.1) is 6.92 Å². The molecule has 2 heterocycles. The normalized spacial score (nSPS) is 15.8. The van der Waals surface area contributed by atoms with Gasteiger partial charge >= 0.3 is 0 Å². The summed E-state index contributed by atoms with van der Waals surface area (Å²) in [5.74, 6) is 0.811. The Bertz CT molecular complexity index is 757. The first kappa shape index (κ1) is 24.0. The van der Waals surface area contributed by atoms with E-state index in [1.54, 1.807) is 11.3 Å². The maximum absolute atomic E-state index is 9.62. The SMILES string of the molecule is CCNC(=NCc1ccc(CN2CCC(O)CC2)cc1)NCc1ncc(C)s1.I. The molecular weight excluding hydrogens is 497 g/mol. The smallest absolute Gasteiger partial charge is 0.191 e. The monoisotopic (exact) mass is 529 g/mol. The van der Waals surface area contributed by atoms with Gasteiger partial charge in [-0.1, -0.05) is 24.3 Å². The van der Waals surface area contributed by atoms with Gasteiger partial charge in [0, 0.05) is 37.3 Å². The van der Waals surface area contributed by atoms with Crippen molar-refractivity contribution in [3.8, 4) is 0 Å². The molecule has 29 heavy (non-hydrogen) atoms. The van der Waals surface area contributed by atoms with Gasteiger partial charge in [0.05, 0.1) is 19.2 Å². The van der Waals surface area contributed by atoms with E-state index in [2.05, 4.69) is 58.6 Å². The lowest BCUT2D eigenvalue weighted by atomic mass is 10.1. The number of hydrogen-bond acceptors (Lipinski definition) is 5. The van der Waals surface area contributed by atoms with Crippen molar-refractivity contribution in [2.45, 2.75) is 52.4 Å². The highest BCUT2D eigenvalue weighted by atomic mass is 127. The van der Waals surface area contributed by atoms with Crippen LogP contribution in [0.1, 0.15) is 40.8 Å². The predicted octanol–water partition coefficient (Wildman–Crippen LogP) is 3.28. The minimum Gasteiger partial charge on any atom is -0.393 e. The van der Waals surface area contributed by atoms with Crippen molar-refractivity contribution in [1.29, 1.82) is 0 Å². The summed E-state index contributed by atoms with van der Waals surface area (Å²) in [5.41, 5.74) is 2.51. The predicted molar refractivity (Wildman–Crippen MR) is 131 cm³/mol. The molecule has 0 radical (unpaired) electrons. The van der Waals surface area contributed by atoms with Crippen molar-refractivity contribution in [2.75, 3.05) is 19.6 Å². The third-order valence-electron chi connectivity index (χ3n) is 4.83. The number of aliphatic hydroxyl groups excluding tert-OH is 1. The summed E-state index contributed by atoms with van der Waals surface area (Å²) in [6.45, 7) is 9.20. The lowest BCUT2D eigenvalue weighted by molar-refractivity contribution is 0.0792. The van der Waals surface area contributed by atoms with Crippen LogP contribution in [0.4, 0.5) is 0 Å². The number of aryl methyl sites for hydroxylation is 1. The first-order valence-electron chi connectivity index (χ1n) is 10.0. The fraction of sp³-hybridized carbons (Fsp3) is 0.524. The second kappa shape index (κ2) is 12.5. The summed E-state index contributed by atoms with van der Waals surface area (Å²) < 4.78 is 0.